The van der Waals surface area contributed by atoms with Gasteiger partial charge in [-0.2, -0.15) is 0 Å². The lowest BCUT2D eigenvalue weighted by molar-refractivity contribution is -0.387. The molecule has 0 radical (unpaired) electrons. The highest BCUT2D eigenvalue weighted by Crippen LogP contribution is 2.22. The summed E-state index contributed by atoms with van der Waals surface area (Å²) in [4.78, 5) is 9.84. The molecule has 1 fully saturated rings. The first-order valence-corrected chi connectivity index (χ1v) is 7.45. The Morgan fingerprint density at radius 3 is 2.79 bits per heavy atom. The molecule has 0 aromatic heterocycles. The van der Waals surface area contributed by atoms with Crippen molar-refractivity contribution in [3.8, 4) is 0 Å². The van der Waals surface area contributed by atoms with Crippen molar-refractivity contribution in [2.75, 3.05) is 13.1 Å². The molecule has 19 heavy (non-hydrogen) atoms. The van der Waals surface area contributed by atoms with Crippen molar-refractivity contribution < 1.29 is 13.3 Å². The van der Waals surface area contributed by atoms with Gasteiger partial charge in [-0.05, 0) is 25.5 Å². The molecule has 104 valence electrons. The highest BCUT2D eigenvalue weighted by molar-refractivity contribution is 7.89. The number of hydrogen-bond donors (Lipinski definition) is 2. The minimum Gasteiger partial charge on any atom is -0.313 e. The van der Waals surface area contributed by atoms with E-state index in [-0.39, 0.29) is 17.5 Å². The Morgan fingerprint density at radius 2 is 2.16 bits per heavy atom. The Bertz CT molecular complexity index is 567. The molecule has 8 heteroatoms. The standard InChI is InChI=1S/C11H15N3O4S/c15-14(16)10-5-1-2-6-11(10)19(17,18)13-8-9-4-3-7-12-9/h1-2,5-6,9,12-13H,3-4,7-8H2. The molecule has 0 saturated carbocycles. The molecule has 1 aliphatic rings. The average Bonchev–Trinajstić information content (AvgIpc) is 2.89. The van der Waals surface area contributed by atoms with Crippen molar-refractivity contribution in [2.45, 2.75) is 23.8 Å². The second-order valence-corrected chi connectivity index (χ2v) is 6.11. The molecule has 1 atom stereocenters. The molecule has 2 N–H and O–H groups in total. The van der Waals surface area contributed by atoms with Crippen LogP contribution in [-0.2, 0) is 10.0 Å². The minimum absolute atomic E-state index is 0.0949. The summed E-state index contributed by atoms with van der Waals surface area (Å²) >= 11 is 0. The van der Waals surface area contributed by atoms with Crippen LogP contribution in [0.25, 0.3) is 0 Å². The van der Waals surface area contributed by atoms with Crippen LogP contribution >= 0.6 is 0 Å². The lowest BCUT2D eigenvalue weighted by Crippen LogP contribution is -2.37. The molecule has 0 spiro atoms. The van der Waals surface area contributed by atoms with Crippen LogP contribution in [0.1, 0.15) is 12.8 Å². The predicted octanol–water partition coefficient (Wildman–Crippen LogP) is 0.625. The Kier molecular flexibility index (Phi) is 4.13. The van der Waals surface area contributed by atoms with E-state index in [1.165, 1.54) is 24.3 Å². The van der Waals surface area contributed by atoms with Crippen molar-refractivity contribution in [2.24, 2.45) is 0 Å². The van der Waals surface area contributed by atoms with Crippen LogP contribution in [0.3, 0.4) is 0 Å². The van der Waals surface area contributed by atoms with E-state index in [0.717, 1.165) is 19.4 Å². The molecule has 1 heterocycles. The van der Waals surface area contributed by atoms with Crippen molar-refractivity contribution >= 4 is 15.7 Å². The van der Waals surface area contributed by atoms with Gasteiger partial charge in [-0.3, -0.25) is 10.1 Å². The number of sulfonamides is 1. The molecule has 0 bridgehead atoms. The van der Waals surface area contributed by atoms with E-state index in [2.05, 4.69) is 10.0 Å². The quantitative estimate of drug-likeness (QED) is 0.610. The smallest absolute Gasteiger partial charge is 0.289 e. The topological polar surface area (TPSA) is 101 Å². The van der Waals surface area contributed by atoms with Gasteiger partial charge in [0.15, 0.2) is 4.90 Å². The zero-order chi connectivity index (χ0) is 13.9. The Labute approximate surface area is 111 Å². The summed E-state index contributed by atoms with van der Waals surface area (Å²) in [6, 6.07) is 5.42. The summed E-state index contributed by atoms with van der Waals surface area (Å²) in [6.07, 6.45) is 1.91. The number of nitro benzene ring substituents is 1. The van der Waals surface area contributed by atoms with Crippen molar-refractivity contribution in [3.63, 3.8) is 0 Å². The van der Waals surface area contributed by atoms with Crippen LogP contribution in [0, 0.1) is 10.1 Å². The first-order chi connectivity index (χ1) is 9.00. The number of hydrogen-bond acceptors (Lipinski definition) is 5. The molecule has 1 aliphatic heterocycles. The van der Waals surface area contributed by atoms with Crippen LogP contribution < -0.4 is 10.0 Å². The first kappa shape index (κ1) is 13.9. The fourth-order valence-electron chi connectivity index (χ4n) is 2.05. The van der Waals surface area contributed by atoms with Crippen LogP contribution in [0.5, 0.6) is 0 Å². The fraction of sp³-hybridized carbons (Fsp3) is 0.455. The van der Waals surface area contributed by atoms with Gasteiger partial charge in [0.2, 0.25) is 10.0 Å². The molecule has 2 rings (SSSR count). The Morgan fingerprint density at radius 1 is 1.42 bits per heavy atom. The van der Waals surface area contributed by atoms with Gasteiger partial charge in [0, 0.05) is 18.7 Å². The van der Waals surface area contributed by atoms with Gasteiger partial charge in [-0.1, -0.05) is 12.1 Å². The third-order valence-electron chi connectivity index (χ3n) is 3.03. The molecule has 0 amide bonds. The van der Waals surface area contributed by atoms with Gasteiger partial charge in [0.05, 0.1) is 4.92 Å². The van der Waals surface area contributed by atoms with Gasteiger partial charge in [-0.25, -0.2) is 13.1 Å². The lowest BCUT2D eigenvalue weighted by atomic mass is 10.2. The summed E-state index contributed by atoms with van der Waals surface area (Å²) < 4.78 is 26.6. The van der Waals surface area contributed by atoms with E-state index in [9.17, 15) is 18.5 Å². The largest absolute Gasteiger partial charge is 0.313 e. The lowest BCUT2D eigenvalue weighted by Gasteiger charge is -2.12. The number of nitro groups is 1. The molecule has 1 aromatic carbocycles. The minimum atomic E-state index is -3.86. The van der Waals surface area contributed by atoms with Gasteiger partial charge in [0.25, 0.3) is 5.69 Å². The van der Waals surface area contributed by atoms with E-state index >= 15 is 0 Å². The van der Waals surface area contributed by atoms with Crippen LogP contribution in [0.2, 0.25) is 0 Å². The maximum atomic E-state index is 12.1. The summed E-state index contributed by atoms with van der Waals surface area (Å²) in [5.41, 5.74) is -0.408. The maximum absolute atomic E-state index is 12.1. The Hall–Kier alpha value is -1.51. The molecule has 1 aromatic rings. The molecule has 1 saturated heterocycles. The zero-order valence-electron chi connectivity index (χ0n) is 10.2. The summed E-state index contributed by atoms with van der Waals surface area (Å²) in [5.74, 6) is 0. The number of nitrogens with one attached hydrogen (secondary N) is 2. The van der Waals surface area contributed by atoms with Gasteiger partial charge >= 0.3 is 0 Å². The van der Waals surface area contributed by atoms with Crippen LogP contribution in [0.4, 0.5) is 5.69 Å². The average molecular weight is 285 g/mol. The van der Waals surface area contributed by atoms with E-state index in [0.29, 0.717) is 0 Å². The van der Waals surface area contributed by atoms with Gasteiger partial charge in [0.1, 0.15) is 0 Å². The van der Waals surface area contributed by atoms with E-state index in [1.54, 1.807) is 0 Å². The molecular weight excluding hydrogens is 270 g/mol. The van der Waals surface area contributed by atoms with Crippen LogP contribution in [-0.4, -0.2) is 32.5 Å². The van der Waals surface area contributed by atoms with E-state index in [1.807, 2.05) is 0 Å². The maximum Gasteiger partial charge on any atom is 0.289 e. The number of benzene rings is 1. The fourth-order valence-corrected chi connectivity index (χ4v) is 3.31. The molecular formula is C11H15N3O4S. The van der Waals surface area contributed by atoms with Crippen LogP contribution in [0.15, 0.2) is 29.2 Å². The Balaban J connectivity index is 2.17. The van der Waals surface area contributed by atoms with Crippen molar-refractivity contribution in [1.29, 1.82) is 0 Å². The third-order valence-corrected chi connectivity index (χ3v) is 4.50. The van der Waals surface area contributed by atoms with Crippen molar-refractivity contribution in [1.82, 2.24) is 10.0 Å². The summed E-state index contributed by atoms with van der Waals surface area (Å²) in [6.45, 7) is 1.12. The SMILES string of the molecule is O=[N+]([O-])c1ccccc1S(=O)(=O)NCC1CCCN1. The third kappa shape index (κ3) is 3.28. The van der Waals surface area contributed by atoms with Gasteiger partial charge < -0.3 is 5.32 Å². The monoisotopic (exact) mass is 285 g/mol. The van der Waals surface area contributed by atoms with E-state index < -0.39 is 20.6 Å². The number of nitrogens with zero attached hydrogens (tertiary/aromatic N) is 1. The normalized spacial score (nSPS) is 19.5. The number of rotatable bonds is 5. The number of para-hydroxylation sites is 1. The van der Waals surface area contributed by atoms with Crippen molar-refractivity contribution in [3.05, 3.63) is 34.4 Å². The summed E-state index contributed by atoms with van der Waals surface area (Å²) in [5, 5.41) is 14.0. The molecule has 1 unspecified atom stereocenters. The molecule has 7 nitrogen and oxygen atoms in total. The summed E-state index contributed by atoms with van der Waals surface area (Å²) in [7, 11) is -3.86. The highest BCUT2D eigenvalue weighted by atomic mass is 32.2. The predicted molar refractivity (Wildman–Crippen MR) is 69.3 cm³/mol. The zero-order valence-corrected chi connectivity index (χ0v) is 11.0. The first-order valence-electron chi connectivity index (χ1n) is 5.97. The second kappa shape index (κ2) is 5.64. The highest BCUT2D eigenvalue weighted by Gasteiger charge is 2.26. The second-order valence-electron chi connectivity index (χ2n) is 4.37. The molecule has 0 aliphatic carbocycles. The van der Waals surface area contributed by atoms with E-state index in [4.69, 9.17) is 0 Å². The van der Waals surface area contributed by atoms with Gasteiger partial charge in [-0.15, -0.1) is 0 Å².